The molecule has 1 saturated carbocycles. The number of carbonyl (C=O) groups is 1. The van der Waals surface area contributed by atoms with Crippen molar-refractivity contribution in [2.24, 2.45) is 0 Å². The maximum atomic E-state index is 12.6. The van der Waals surface area contributed by atoms with E-state index < -0.39 is 0 Å². The van der Waals surface area contributed by atoms with Gasteiger partial charge in [0.25, 0.3) is 5.91 Å². The predicted molar refractivity (Wildman–Crippen MR) is 82.9 cm³/mol. The molecule has 0 atom stereocenters. The molecule has 0 unspecified atom stereocenters. The number of hydrogen-bond donors (Lipinski definition) is 0. The van der Waals surface area contributed by atoms with Crippen molar-refractivity contribution in [2.45, 2.75) is 45.1 Å². The van der Waals surface area contributed by atoms with Crippen LogP contribution in [0.15, 0.2) is 24.3 Å². The van der Waals surface area contributed by atoms with Crippen LogP contribution in [0.4, 0.5) is 0 Å². The van der Waals surface area contributed by atoms with Crippen LogP contribution in [0.5, 0.6) is 0 Å². The normalized spacial score (nSPS) is 15.7. The SMILES string of the molecule is CCc1ccc(C(=O)N(CCBr)C2CCCC2)cc1. The molecule has 1 fully saturated rings. The Hall–Kier alpha value is -0.830. The number of halogens is 1. The molecule has 0 bridgehead atoms. The molecule has 0 saturated heterocycles. The fourth-order valence-corrected chi connectivity index (χ4v) is 3.19. The first-order valence-corrected chi connectivity index (χ1v) is 8.34. The van der Waals surface area contributed by atoms with Gasteiger partial charge in [0.1, 0.15) is 0 Å². The second-order valence-corrected chi connectivity index (χ2v) is 5.97. The number of hydrogen-bond acceptors (Lipinski definition) is 1. The highest BCUT2D eigenvalue weighted by atomic mass is 79.9. The van der Waals surface area contributed by atoms with Crippen LogP contribution < -0.4 is 0 Å². The molecule has 1 aliphatic rings. The van der Waals surface area contributed by atoms with Crippen molar-refractivity contribution in [3.8, 4) is 0 Å². The molecule has 3 heteroatoms. The molecule has 2 nitrogen and oxygen atoms in total. The van der Waals surface area contributed by atoms with Crippen LogP contribution in [-0.4, -0.2) is 28.7 Å². The molecule has 1 amide bonds. The topological polar surface area (TPSA) is 20.3 Å². The molecule has 19 heavy (non-hydrogen) atoms. The fourth-order valence-electron chi connectivity index (χ4n) is 2.81. The quantitative estimate of drug-likeness (QED) is 0.749. The van der Waals surface area contributed by atoms with E-state index in [4.69, 9.17) is 0 Å². The van der Waals surface area contributed by atoms with Crippen LogP contribution in [0.2, 0.25) is 0 Å². The van der Waals surface area contributed by atoms with E-state index >= 15 is 0 Å². The Balaban J connectivity index is 2.12. The van der Waals surface area contributed by atoms with Gasteiger partial charge in [0, 0.05) is 23.5 Å². The van der Waals surface area contributed by atoms with Gasteiger partial charge in [-0.05, 0) is 37.0 Å². The molecule has 0 N–H and O–H groups in total. The molecule has 104 valence electrons. The summed E-state index contributed by atoms with van der Waals surface area (Å²) in [5, 5.41) is 0.849. The summed E-state index contributed by atoms with van der Waals surface area (Å²) in [5.74, 6) is 0.189. The van der Waals surface area contributed by atoms with Crippen LogP contribution in [0.3, 0.4) is 0 Å². The Morgan fingerprint density at radius 2 is 1.89 bits per heavy atom. The lowest BCUT2D eigenvalue weighted by Crippen LogP contribution is -2.40. The van der Waals surface area contributed by atoms with E-state index in [-0.39, 0.29) is 5.91 Å². The zero-order chi connectivity index (χ0) is 13.7. The van der Waals surface area contributed by atoms with Crippen molar-refractivity contribution < 1.29 is 4.79 Å². The lowest BCUT2D eigenvalue weighted by atomic mass is 10.1. The monoisotopic (exact) mass is 323 g/mol. The average molecular weight is 324 g/mol. The predicted octanol–water partition coefficient (Wildman–Crippen LogP) is 4.03. The van der Waals surface area contributed by atoms with Crippen molar-refractivity contribution in [1.29, 1.82) is 0 Å². The lowest BCUT2D eigenvalue weighted by molar-refractivity contribution is 0.0696. The number of alkyl halides is 1. The van der Waals surface area contributed by atoms with Crippen molar-refractivity contribution in [2.75, 3.05) is 11.9 Å². The summed E-state index contributed by atoms with van der Waals surface area (Å²) < 4.78 is 0. The summed E-state index contributed by atoms with van der Waals surface area (Å²) in [6.07, 6.45) is 5.84. The highest BCUT2D eigenvalue weighted by Crippen LogP contribution is 2.25. The molecule has 0 aromatic heterocycles. The van der Waals surface area contributed by atoms with Gasteiger partial charge in [0.05, 0.1) is 0 Å². The Morgan fingerprint density at radius 3 is 2.42 bits per heavy atom. The first kappa shape index (κ1) is 14.6. The first-order chi connectivity index (χ1) is 9.26. The molecular weight excluding hydrogens is 302 g/mol. The highest BCUT2D eigenvalue weighted by Gasteiger charge is 2.26. The van der Waals surface area contributed by atoms with Crippen molar-refractivity contribution in [3.63, 3.8) is 0 Å². The first-order valence-electron chi connectivity index (χ1n) is 7.22. The Morgan fingerprint density at radius 1 is 1.26 bits per heavy atom. The summed E-state index contributed by atoms with van der Waals surface area (Å²) in [7, 11) is 0. The third kappa shape index (κ3) is 3.59. The zero-order valence-corrected chi connectivity index (χ0v) is 13.2. The molecule has 0 heterocycles. The minimum absolute atomic E-state index is 0.189. The standard InChI is InChI=1S/C16H22BrNO/c1-2-13-7-9-14(10-8-13)16(19)18(12-11-17)15-5-3-4-6-15/h7-10,15H,2-6,11-12H2,1H3. The van der Waals surface area contributed by atoms with Crippen LogP contribution in [-0.2, 0) is 6.42 Å². The van der Waals surface area contributed by atoms with Gasteiger partial charge < -0.3 is 4.90 Å². The number of carbonyl (C=O) groups excluding carboxylic acids is 1. The largest absolute Gasteiger partial charge is 0.335 e. The zero-order valence-electron chi connectivity index (χ0n) is 11.6. The average Bonchev–Trinajstić information content (AvgIpc) is 2.98. The van der Waals surface area contributed by atoms with Gasteiger partial charge in [0.2, 0.25) is 0 Å². The minimum Gasteiger partial charge on any atom is -0.335 e. The number of rotatable bonds is 5. The summed E-state index contributed by atoms with van der Waals surface area (Å²) in [5.41, 5.74) is 2.11. The number of amides is 1. The van der Waals surface area contributed by atoms with Gasteiger partial charge >= 0.3 is 0 Å². The van der Waals surface area contributed by atoms with Crippen LogP contribution in [0.1, 0.15) is 48.5 Å². The van der Waals surface area contributed by atoms with Gasteiger partial charge in [-0.2, -0.15) is 0 Å². The Bertz CT molecular complexity index is 409. The van der Waals surface area contributed by atoms with E-state index in [1.54, 1.807) is 0 Å². The van der Waals surface area contributed by atoms with E-state index in [1.165, 1.54) is 18.4 Å². The number of nitrogens with zero attached hydrogens (tertiary/aromatic N) is 1. The molecular formula is C16H22BrNO. The van der Waals surface area contributed by atoms with E-state index in [0.29, 0.717) is 6.04 Å². The van der Waals surface area contributed by atoms with Gasteiger partial charge in [-0.1, -0.05) is 47.8 Å². The molecule has 1 aromatic carbocycles. The second-order valence-electron chi connectivity index (χ2n) is 5.18. The maximum absolute atomic E-state index is 12.6. The lowest BCUT2D eigenvalue weighted by Gasteiger charge is -2.28. The molecule has 1 aliphatic carbocycles. The Kier molecular flexibility index (Phi) is 5.44. The molecule has 0 spiro atoms. The smallest absolute Gasteiger partial charge is 0.254 e. The van der Waals surface area contributed by atoms with Crippen LogP contribution in [0.25, 0.3) is 0 Å². The molecule has 2 rings (SSSR count). The summed E-state index contributed by atoms with van der Waals surface area (Å²) in [6.45, 7) is 2.94. The summed E-state index contributed by atoms with van der Waals surface area (Å²) in [4.78, 5) is 14.7. The number of benzene rings is 1. The van der Waals surface area contributed by atoms with E-state index in [0.717, 1.165) is 36.7 Å². The molecule has 0 aliphatic heterocycles. The molecule has 1 aromatic rings. The van der Waals surface area contributed by atoms with Gasteiger partial charge in [-0.3, -0.25) is 4.79 Å². The fraction of sp³-hybridized carbons (Fsp3) is 0.562. The van der Waals surface area contributed by atoms with Crippen molar-refractivity contribution in [3.05, 3.63) is 35.4 Å². The number of aryl methyl sites for hydroxylation is 1. The van der Waals surface area contributed by atoms with Crippen molar-refractivity contribution >= 4 is 21.8 Å². The van der Waals surface area contributed by atoms with Gasteiger partial charge in [-0.25, -0.2) is 0 Å². The van der Waals surface area contributed by atoms with Crippen molar-refractivity contribution in [1.82, 2.24) is 4.90 Å². The van der Waals surface area contributed by atoms with Crippen LogP contribution in [0, 0.1) is 0 Å². The maximum Gasteiger partial charge on any atom is 0.254 e. The summed E-state index contributed by atoms with van der Waals surface area (Å²) in [6, 6.07) is 8.51. The van der Waals surface area contributed by atoms with Crippen LogP contribution >= 0.6 is 15.9 Å². The van der Waals surface area contributed by atoms with Gasteiger partial charge in [0.15, 0.2) is 0 Å². The highest BCUT2D eigenvalue weighted by molar-refractivity contribution is 9.09. The molecule has 0 radical (unpaired) electrons. The third-order valence-electron chi connectivity index (χ3n) is 3.96. The van der Waals surface area contributed by atoms with Gasteiger partial charge in [-0.15, -0.1) is 0 Å². The minimum atomic E-state index is 0.189. The third-order valence-corrected chi connectivity index (χ3v) is 4.32. The summed E-state index contributed by atoms with van der Waals surface area (Å²) >= 11 is 3.47. The second kappa shape index (κ2) is 7.09. The van der Waals surface area contributed by atoms with E-state index in [1.807, 2.05) is 12.1 Å². The van der Waals surface area contributed by atoms with E-state index in [2.05, 4.69) is 39.9 Å². The van der Waals surface area contributed by atoms with E-state index in [9.17, 15) is 4.79 Å². The Labute approximate surface area is 124 Å².